The lowest BCUT2D eigenvalue weighted by atomic mass is 9.82. The third-order valence-electron chi connectivity index (χ3n) is 5.00. The fourth-order valence-corrected chi connectivity index (χ4v) is 3.43. The fraction of sp³-hybridized carbons (Fsp3) is 0.227. The van der Waals surface area contributed by atoms with E-state index in [4.69, 9.17) is 0 Å². The third kappa shape index (κ3) is 3.72. The Bertz CT molecular complexity index is 968. The summed E-state index contributed by atoms with van der Waals surface area (Å²) >= 11 is 0. The molecule has 27 heavy (non-hydrogen) atoms. The minimum atomic E-state index is -0.274. The van der Waals surface area contributed by atoms with Gasteiger partial charge in [0.05, 0.1) is 11.3 Å². The SMILES string of the molecule is CCc1ccc(Nc2ncc3c(n2)CC(c2ccc(F)cc2)CC3=O)cc1. The van der Waals surface area contributed by atoms with Gasteiger partial charge in [-0.1, -0.05) is 31.2 Å². The van der Waals surface area contributed by atoms with Gasteiger partial charge in [0.15, 0.2) is 5.78 Å². The molecular weight excluding hydrogens is 341 g/mol. The van der Waals surface area contributed by atoms with E-state index in [-0.39, 0.29) is 17.5 Å². The summed E-state index contributed by atoms with van der Waals surface area (Å²) in [6.45, 7) is 2.11. The number of aromatic nitrogens is 2. The molecule has 0 spiro atoms. The number of hydrogen-bond donors (Lipinski definition) is 1. The highest BCUT2D eigenvalue weighted by Gasteiger charge is 2.28. The second kappa shape index (κ2) is 7.27. The summed E-state index contributed by atoms with van der Waals surface area (Å²) in [5, 5.41) is 3.20. The van der Waals surface area contributed by atoms with Crippen LogP contribution in [-0.2, 0) is 12.8 Å². The molecule has 0 bridgehead atoms. The molecule has 1 aromatic heterocycles. The molecule has 0 aliphatic heterocycles. The standard InChI is InChI=1S/C22H20FN3O/c1-2-14-3-9-18(10-4-14)25-22-24-13-19-20(26-22)11-16(12-21(19)27)15-5-7-17(23)8-6-15/h3-10,13,16H,2,11-12H2,1H3,(H,24,25,26). The van der Waals surface area contributed by atoms with Crippen molar-refractivity contribution in [3.63, 3.8) is 0 Å². The average molecular weight is 361 g/mol. The lowest BCUT2D eigenvalue weighted by Crippen LogP contribution is -2.21. The van der Waals surface area contributed by atoms with Crippen molar-refractivity contribution in [2.24, 2.45) is 0 Å². The van der Waals surface area contributed by atoms with Gasteiger partial charge in [-0.2, -0.15) is 0 Å². The molecule has 4 nitrogen and oxygen atoms in total. The van der Waals surface area contributed by atoms with E-state index in [2.05, 4.69) is 34.3 Å². The fourth-order valence-electron chi connectivity index (χ4n) is 3.43. The molecule has 1 aliphatic carbocycles. The Kier molecular flexibility index (Phi) is 4.67. The first kappa shape index (κ1) is 17.3. The predicted octanol–water partition coefficient (Wildman–Crippen LogP) is 4.83. The molecule has 136 valence electrons. The van der Waals surface area contributed by atoms with Gasteiger partial charge in [-0.3, -0.25) is 4.79 Å². The highest BCUT2D eigenvalue weighted by Crippen LogP contribution is 2.32. The summed E-state index contributed by atoms with van der Waals surface area (Å²) in [4.78, 5) is 21.4. The number of carbonyl (C=O) groups excluding carboxylic acids is 1. The number of Topliss-reactive ketones (excluding diaryl/α,β-unsaturated/α-hetero) is 1. The molecule has 3 aromatic rings. The van der Waals surface area contributed by atoms with Gasteiger partial charge < -0.3 is 5.32 Å². The second-order valence-electron chi connectivity index (χ2n) is 6.81. The molecule has 1 atom stereocenters. The smallest absolute Gasteiger partial charge is 0.227 e. The van der Waals surface area contributed by atoms with Gasteiger partial charge in [-0.25, -0.2) is 14.4 Å². The van der Waals surface area contributed by atoms with Gasteiger partial charge in [-0.05, 0) is 54.2 Å². The van der Waals surface area contributed by atoms with E-state index >= 15 is 0 Å². The van der Waals surface area contributed by atoms with Crippen molar-refractivity contribution in [1.82, 2.24) is 9.97 Å². The second-order valence-corrected chi connectivity index (χ2v) is 6.81. The molecule has 5 heteroatoms. The summed E-state index contributed by atoms with van der Waals surface area (Å²) in [5.74, 6) is 0.247. The first-order chi connectivity index (χ1) is 13.1. The van der Waals surface area contributed by atoms with Crippen LogP contribution in [0.4, 0.5) is 16.0 Å². The van der Waals surface area contributed by atoms with Gasteiger partial charge in [0.1, 0.15) is 5.82 Å². The number of carbonyl (C=O) groups is 1. The number of nitrogens with one attached hydrogen (secondary N) is 1. The summed E-state index contributed by atoms with van der Waals surface area (Å²) in [7, 11) is 0. The molecule has 0 radical (unpaired) electrons. The zero-order valence-corrected chi connectivity index (χ0v) is 15.1. The van der Waals surface area contributed by atoms with Gasteiger partial charge in [0.25, 0.3) is 0 Å². The number of benzene rings is 2. The number of rotatable bonds is 4. The van der Waals surface area contributed by atoms with Crippen LogP contribution in [0.25, 0.3) is 0 Å². The number of ketones is 1. The quantitative estimate of drug-likeness (QED) is 0.723. The van der Waals surface area contributed by atoms with Crippen LogP contribution in [-0.4, -0.2) is 15.8 Å². The molecule has 1 aliphatic rings. The van der Waals surface area contributed by atoms with Crippen molar-refractivity contribution in [2.45, 2.75) is 32.1 Å². The number of nitrogens with zero attached hydrogens (tertiary/aromatic N) is 2. The minimum absolute atomic E-state index is 0.0113. The number of aryl methyl sites for hydroxylation is 1. The maximum Gasteiger partial charge on any atom is 0.227 e. The Hall–Kier alpha value is -3.08. The largest absolute Gasteiger partial charge is 0.324 e. The summed E-state index contributed by atoms with van der Waals surface area (Å²) < 4.78 is 13.2. The molecular formula is C22H20FN3O. The van der Waals surface area contributed by atoms with Crippen molar-refractivity contribution < 1.29 is 9.18 Å². The number of anilines is 2. The zero-order valence-electron chi connectivity index (χ0n) is 15.1. The summed E-state index contributed by atoms with van der Waals surface area (Å²) in [6.07, 6.45) is 3.63. The van der Waals surface area contributed by atoms with Crippen LogP contribution in [0.15, 0.2) is 54.7 Å². The Morgan fingerprint density at radius 1 is 1.07 bits per heavy atom. The van der Waals surface area contributed by atoms with E-state index in [1.165, 1.54) is 17.7 Å². The van der Waals surface area contributed by atoms with Crippen LogP contribution < -0.4 is 5.32 Å². The van der Waals surface area contributed by atoms with E-state index in [1.807, 2.05) is 12.1 Å². The van der Waals surface area contributed by atoms with Crippen molar-refractivity contribution in [3.05, 3.63) is 82.9 Å². The number of hydrogen-bond acceptors (Lipinski definition) is 4. The Labute approximate surface area is 157 Å². The molecule has 4 rings (SSSR count). The Morgan fingerprint density at radius 3 is 2.52 bits per heavy atom. The van der Waals surface area contributed by atoms with Crippen molar-refractivity contribution in [1.29, 1.82) is 0 Å². The maximum atomic E-state index is 13.2. The van der Waals surface area contributed by atoms with E-state index in [0.29, 0.717) is 24.4 Å². The molecule has 1 heterocycles. The van der Waals surface area contributed by atoms with Crippen LogP contribution in [0.2, 0.25) is 0 Å². The van der Waals surface area contributed by atoms with Gasteiger partial charge in [-0.15, -0.1) is 0 Å². The number of fused-ring (bicyclic) bond motifs is 1. The monoisotopic (exact) mass is 361 g/mol. The molecule has 0 saturated heterocycles. The zero-order chi connectivity index (χ0) is 18.8. The molecule has 1 unspecified atom stereocenters. The molecule has 1 N–H and O–H groups in total. The van der Waals surface area contributed by atoms with Gasteiger partial charge in [0, 0.05) is 18.3 Å². The predicted molar refractivity (Wildman–Crippen MR) is 103 cm³/mol. The van der Waals surface area contributed by atoms with E-state index < -0.39 is 0 Å². The normalized spacial score (nSPS) is 16.1. The molecule has 0 amide bonds. The van der Waals surface area contributed by atoms with Crippen LogP contribution in [0.5, 0.6) is 0 Å². The van der Waals surface area contributed by atoms with Crippen molar-refractivity contribution in [3.8, 4) is 0 Å². The molecule has 0 saturated carbocycles. The lowest BCUT2D eigenvalue weighted by Gasteiger charge is -2.23. The minimum Gasteiger partial charge on any atom is -0.324 e. The van der Waals surface area contributed by atoms with E-state index in [0.717, 1.165) is 23.4 Å². The Morgan fingerprint density at radius 2 is 1.81 bits per heavy atom. The van der Waals surface area contributed by atoms with Crippen LogP contribution in [0.1, 0.15) is 46.4 Å². The first-order valence-corrected chi connectivity index (χ1v) is 9.13. The van der Waals surface area contributed by atoms with Crippen LogP contribution in [0, 0.1) is 5.82 Å². The first-order valence-electron chi connectivity index (χ1n) is 9.13. The lowest BCUT2D eigenvalue weighted by molar-refractivity contribution is 0.0962. The highest BCUT2D eigenvalue weighted by molar-refractivity contribution is 5.98. The van der Waals surface area contributed by atoms with Crippen molar-refractivity contribution in [2.75, 3.05) is 5.32 Å². The van der Waals surface area contributed by atoms with Crippen molar-refractivity contribution >= 4 is 17.4 Å². The summed E-state index contributed by atoms with van der Waals surface area (Å²) in [6, 6.07) is 14.5. The summed E-state index contributed by atoms with van der Waals surface area (Å²) in [5.41, 5.74) is 4.45. The third-order valence-corrected chi connectivity index (χ3v) is 5.00. The number of halogens is 1. The van der Waals surface area contributed by atoms with E-state index in [9.17, 15) is 9.18 Å². The maximum absolute atomic E-state index is 13.2. The van der Waals surface area contributed by atoms with Gasteiger partial charge in [0.2, 0.25) is 5.95 Å². The van der Waals surface area contributed by atoms with E-state index in [1.54, 1.807) is 18.3 Å². The molecule has 0 fully saturated rings. The molecule has 2 aromatic carbocycles. The Balaban J connectivity index is 1.57. The van der Waals surface area contributed by atoms with Crippen LogP contribution >= 0.6 is 0 Å². The van der Waals surface area contributed by atoms with Crippen LogP contribution in [0.3, 0.4) is 0 Å². The topological polar surface area (TPSA) is 54.9 Å². The van der Waals surface area contributed by atoms with Gasteiger partial charge >= 0.3 is 0 Å². The average Bonchev–Trinajstić information content (AvgIpc) is 2.69. The highest BCUT2D eigenvalue weighted by atomic mass is 19.1.